The molecule has 1 N–H and O–H groups in total. The van der Waals surface area contributed by atoms with E-state index in [1.165, 1.54) is 6.92 Å². The summed E-state index contributed by atoms with van der Waals surface area (Å²) in [6, 6.07) is -0.753. The van der Waals surface area contributed by atoms with Gasteiger partial charge in [-0.3, -0.25) is 0 Å². The largest absolute Gasteiger partial charge is 0.390 e. The molecule has 0 saturated heterocycles. The molecule has 14 heavy (non-hydrogen) atoms. The van der Waals surface area contributed by atoms with Crippen molar-refractivity contribution >= 4 is 9.84 Å². The third-order valence-corrected chi connectivity index (χ3v) is 2.45. The number of halogens is 3. The summed E-state index contributed by atoms with van der Waals surface area (Å²) in [7, 11) is -3.11. The van der Waals surface area contributed by atoms with E-state index in [-0.39, 0.29) is 12.3 Å². The van der Waals surface area contributed by atoms with Crippen molar-refractivity contribution < 1.29 is 21.6 Å². The molecule has 1 unspecified atom stereocenters. The van der Waals surface area contributed by atoms with E-state index >= 15 is 0 Å². The van der Waals surface area contributed by atoms with E-state index < -0.39 is 28.5 Å². The molecule has 0 heterocycles. The van der Waals surface area contributed by atoms with Crippen LogP contribution in [0.15, 0.2) is 0 Å². The highest BCUT2D eigenvalue weighted by Gasteiger charge is 2.29. The van der Waals surface area contributed by atoms with Gasteiger partial charge < -0.3 is 5.32 Å². The summed E-state index contributed by atoms with van der Waals surface area (Å²) in [5.41, 5.74) is 0. The van der Waals surface area contributed by atoms with Gasteiger partial charge in [0.2, 0.25) is 0 Å². The summed E-state index contributed by atoms with van der Waals surface area (Å²) in [6.45, 7) is 1.42. The Morgan fingerprint density at radius 3 is 2.21 bits per heavy atom. The smallest absolute Gasteiger partial charge is 0.313 e. The lowest BCUT2D eigenvalue weighted by atomic mass is 10.2. The monoisotopic (exact) mass is 233 g/mol. The molecule has 0 amide bonds. The molecule has 0 aromatic rings. The Morgan fingerprint density at radius 2 is 1.86 bits per heavy atom. The lowest BCUT2D eigenvalue weighted by Crippen LogP contribution is -2.34. The molecular weight excluding hydrogens is 219 g/mol. The lowest BCUT2D eigenvalue weighted by molar-refractivity contribution is -0.138. The number of hydrogen-bond acceptors (Lipinski definition) is 3. The first-order valence-corrected chi connectivity index (χ1v) is 6.14. The summed E-state index contributed by atoms with van der Waals surface area (Å²) in [4.78, 5) is 0. The average molecular weight is 233 g/mol. The van der Waals surface area contributed by atoms with Gasteiger partial charge in [0.1, 0.15) is 9.84 Å². The standard InChI is InChI=1S/C7H14F3NO2S/c1-6(5-7(8,9)10)11-3-4-14(2,12)13/h6,11H,3-5H2,1-2H3. The van der Waals surface area contributed by atoms with Gasteiger partial charge in [-0.05, 0) is 6.92 Å². The Kier molecular flexibility index (Phi) is 4.87. The maximum atomic E-state index is 11.8. The molecule has 86 valence electrons. The number of rotatable bonds is 5. The van der Waals surface area contributed by atoms with Crippen LogP contribution in [0.3, 0.4) is 0 Å². The Labute approximate surface area is 81.6 Å². The highest BCUT2D eigenvalue weighted by atomic mass is 32.2. The van der Waals surface area contributed by atoms with Crippen LogP contribution in [0, 0.1) is 0 Å². The van der Waals surface area contributed by atoms with E-state index in [0.717, 1.165) is 6.26 Å². The average Bonchev–Trinajstić information content (AvgIpc) is 1.78. The van der Waals surface area contributed by atoms with Gasteiger partial charge in [0.15, 0.2) is 0 Å². The van der Waals surface area contributed by atoms with E-state index in [9.17, 15) is 21.6 Å². The Balaban J connectivity index is 3.71. The topological polar surface area (TPSA) is 46.2 Å². The van der Waals surface area contributed by atoms with Crippen LogP contribution < -0.4 is 5.32 Å². The van der Waals surface area contributed by atoms with Crippen molar-refractivity contribution in [2.75, 3.05) is 18.6 Å². The first-order valence-electron chi connectivity index (χ1n) is 4.08. The first-order chi connectivity index (χ1) is 6.10. The van der Waals surface area contributed by atoms with Gasteiger partial charge in [0.05, 0.1) is 12.2 Å². The van der Waals surface area contributed by atoms with Gasteiger partial charge in [-0.1, -0.05) is 0 Å². The Bertz CT molecular complexity index is 261. The zero-order valence-electron chi connectivity index (χ0n) is 8.06. The summed E-state index contributed by atoms with van der Waals surface area (Å²) < 4.78 is 56.7. The van der Waals surface area contributed by atoms with Crippen LogP contribution in [0.1, 0.15) is 13.3 Å². The maximum Gasteiger partial charge on any atom is 0.390 e. The molecule has 1 atom stereocenters. The SMILES string of the molecule is CC(CC(F)(F)F)NCCS(C)(=O)=O. The quantitative estimate of drug-likeness (QED) is 0.769. The zero-order chi connectivity index (χ0) is 11.4. The summed E-state index contributed by atoms with van der Waals surface area (Å²) >= 11 is 0. The third kappa shape index (κ3) is 9.79. The number of hydrogen-bond donors (Lipinski definition) is 1. The second kappa shape index (κ2) is 4.97. The highest BCUT2D eigenvalue weighted by molar-refractivity contribution is 7.90. The molecule has 0 bridgehead atoms. The van der Waals surface area contributed by atoms with Gasteiger partial charge in [0.25, 0.3) is 0 Å². The van der Waals surface area contributed by atoms with Crippen molar-refractivity contribution in [1.82, 2.24) is 5.32 Å². The number of alkyl halides is 3. The molecule has 0 fully saturated rings. The first kappa shape index (κ1) is 13.7. The zero-order valence-corrected chi connectivity index (χ0v) is 8.87. The maximum absolute atomic E-state index is 11.8. The van der Waals surface area contributed by atoms with E-state index in [2.05, 4.69) is 5.32 Å². The molecule has 0 aromatic carbocycles. The van der Waals surface area contributed by atoms with Crippen molar-refractivity contribution in [2.45, 2.75) is 25.6 Å². The molecule has 0 aliphatic heterocycles. The fourth-order valence-corrected chi connectivity index (χ4v) is 1.40. The van der Waals surface area contributed by atoms with E-state index in [4.69, 9.17) is 0 Å². The normalized spacial score (nSPS) is 15.5. The van der Waals surface area contributed by atoms with Crippen LogP contribution in [-0.4, -0.2) is 39.2 Å². The van der Waals surface area contributed by atoms with Crippen molar-refractivity contribution in [3.8, 4) is 0 Å². The molecule has 0 radical (unpaired) electrons. The van der Waals surface area contributed by atoms with E-state index in [1.54, 1.807) is 0 Å². The fourth-order valence-electron chi connectivity index (χ4n) is 0.910. The van der Waals surface area contributed by atoms with Crippen molar-refractivity contribution in [3.63, 3.8) is 0 Å². The number of sulfone groups is 1. The van der Waals surface area contributed by atoms with Crippen molar-refractivity contribution in [1.29, 1.82) is 0 Å². The molecular formula is C7H14F3NO2S. The second-order valence-electron chi connectivity index (χ2n) is 3.30. The van der Waals surface area contributed by atoms with Crippen LogP contribution in [0.25, 0.3) is 0 Å². The van der Waals surface area contributed by atoms with Gasteiger partial charge in [-0.15, -0.1) is 0 Å². The minimum atomic E-state index is -4.21. The number of nitrogens with one attached hydrogen (secondary N) is 1. The van der Waals surface area contributed by atoms with Crippen LogP contribution in [0.2, 0.25) is 0 Å². The van der Waals surface area contributed by atoms with Crippen LogP contribution in [0.4, 0.5) is 13.2 Å². The fraction of sp³-hybridized carbons (Fsp3) is 1.00. The van der Waals surface area contributed by atoms with E-state index in [0.29, 0.717) is 0 Å². The highest BCUT2D eigenvalue weighted by Crippen LogP contribution is 2.21. The van der Waals surface area contributed by atoms with Crippen LogP contribution in [0.5, 0.6) is 0 Å². The predicted octanol–water partition coefficient (Wildman–Crippen LogP) is 0.962. The predicted molar refractivity (Wildman–Crippen MR) is 47.8 cm³/mol. The minimum Gasteiger partial charge on any atom is -0.313 e. The van der Waals surface area contributed by atoms with Gasteiger partial charge in [0, 0.05) is 18.8 Å². The molecule has 0 aromatic heterocycles. The molecule has 0 aliphatic carbocycles. The Hall–Kier alpha value is -0.300. The molecule has 0 spiro atoms. The minimum absolute atomic E-state index is 0.0517. The third-order valence-electron chi connectivity index (χ3n) is 1.50. The van der Waals surface area contributed by atoms with Gasteiger partial charge in [-0.25, -0.2) is 8.42 Å². The molecule has 0 rings (SSSR count). The molecule has 3 nitrogen and oxygen atoms in total. The van der Waals surface area contributed by atoms with Crippen LogP contribution in [-0.2, 0) is 9.84 Å². The van der Waals surface area contributed by atoms with Gasteiger partial charge >= 0.3 is 6.18 Å². The summed E-state index contributed by atoms with van der Waals surface area (Å²) in [5, 5.41) is 2.50. The molecule has 0 saturated carbocycles. The lowest BCUT2D eigenvalue weighted by Gasteiger charge is -2.15. The molecule has 0 aliphatic rings. The Morgan fingerprint density at radius 1 is 1.36 bits per heavy atom. The second-order valence-corrected chi connectivity index (χ2v) is 5.56. The summed E-state index contributed by atoms with van der Waals surface area (Å²) in [5.74, 6) is -0.144. The van der Waals surface area contributed by atoms with E-state index in [1.807, 2.05) is 0 Å². The van der Waals surface area contributed by atoms with Crippen LogP contribution >= 0.6 is 0 Å². The van der Waals surface area contributed by atoms with Gasteiger partial charge in [-0.2, -0.15) is 13.2 Å². The van der Waals surface area contributed by atoms with Crippen molar-refractivity contribution in [3.05, 3.63) is 0 Å². The summed E-state index contributed by atoms with van der Waals surface area (Å²) in [6.07, 6.45) is -4.11. The van der Waals surface area contributed by atoms with Crippen molar-refractivity contribution in [2.24, 2.45) is 0 Å². The molecule has 7 heteroatoms.